The molecule has 1 unspecified atom stereocenters. The second-order valence-electron chi connectivity index (χ2n) is 6.85. The topological polar surface area (TPSA) is 62.4 Å². The molecule has 0 fully saturated rings. The number of H-pyrrole nitrogens is 1. The fourth-order valence-corrected chi connectivity index (χ4v) is 3.88. The third-order valence-electron chi connectivity index (χ3n) is 5.07. The molecule has 2 aromatic carbocycles. The molecule has 0 bridgehead atoms. The molecule has 1 amide bonds. The van der Waals surface area contributed by atoms with Crippen LogP contribution in [-0.2, 0) is 11.3 Å². The maximum Gasteiger partial charge on any atom is 0.257 e. The summed E-state index contributed by atoms with van der Waals surface area (Å²) < 4.78 is 61.1. The lowest BCUT2D eigenvalue weighted by Gasteiger charge is -2.34. The van der Waals surface area contributed by atoms with Crippen LogP contribution in [0.5, 0.6) is 0 Å². The first-order valence-electron chi connectivity index (χ1n) is 8.72. The van der Waals surface area contributed by atoms with Crippen molar-refractivity contribution in [3.63, 3.8) is 0 Å². The highest BCUT2D eigenvalue weighted by atomic mass is 79.9. The number of benzene rings is 2. The molecule has 1 aromatic heterocycles. The number of pyridine rings is 1. The monoisotopic (exact) mass is 484 g/mol. The molecule has 1 aliphatic heterocycles. The Kier molecular flexibility index (Phi) is 5.15. The lowest BCUT2D eigenvalue weighted by Crippen LogP contribution is -2.38. The average molecular weight is 485 g/mol. The number of hydrogen-bond donors (Lipinski definition) is 1. The van der Waals surface area contributed by atoms with Gasteiger partial charge in [0.2, 0.25) is 0 Å². The van der Waals surface area contributed by atoms with Gasteiger partial charge in [0.05, 0.1) is 34.7 Å². The molecular formula is C20H13BrF4N2O3. The Labute approximate surface area is 175 Å². The highest BCUT2D eigenvalue weighted by Gasteiger charge is 2.32. The fraction of sp³-hybridized carbons (Fsp3) is 0.200. The van der Waals surface area contributed by atoms with E-state index in [2.05, 4.69) is 20.9 Å². The Hall–Kier alpha value is -2.72. The summed E-state index contributed by atoms with van der Waals surface area (Å²) >= 11 is 2.85. The van der Waals surface area contributed by atoms with Gasteiger partial charge in [-0.1, -0.05) is 0 Å². The summed E-state index contributed by atoms with van der Waals surface area (Å²) in [7, 11) is 1.35. The summed E-state index contributed by atoms with van der Waals surface area (Å²) in [5.41, 5.74) is -0.501. The number of amides is 1. The fourth-order valence-electron chi connectivity index (χ4n) is 3.57. The van der Waals surface area contributed by atoms with Gasteiger partial charge in [0, 0.05) is 18.3 Å². The molecular weight excluding hydrogens is 472 g/mol. The minimum Gasteiger partial charge on any atom is -0.373 e. The predicted octanol–water partition coefficient (Wildman–Crippen LogP) is 4.19. The second-order valence-corrected chi connectivity index (χ2v) is 7.71. The SMILES string of the molecule is CN(C(=O)c1cc(F)c(Br)cc1F)C1COCc2[nH]c(=O)c3cc(F)c(F)cc3c21. The van der Waals surface area contributed by atoms with Crippen molar-refractivity contribution in [2.24, 2.45) is 0 Å². The van der Waals surface area contributed by atoms with Gasteiger partial charge in [0.15, 0.2) is 11.6 Å². The molecule has 0 saturated heterocycles. The number of rotatable bonds is 2. The van der Waals surface area contributed by atoms with Crippen LogP contribution < -0.4 is 5.56 Å². The van der Waals surface area contributed by atoms with Gasteiger partial charge in [-0.3, -0.25) is 9.59 Å². The Bertz CT molecular complexity index is 1260. The summed E-state index contributed by atoms with van der Waals surface area (Å²) in [6, 6.07) is 2.41. The molecule has 1 aliphatic rings. The van der Waals surface area contributed by atoms with Crippen molar-refractivity contribution in [2.75, 3.05) is 13.7 Å². The maximum absolute atomic E-state index is 14.3. The van der Waals surface area contributed by atoms with E-state index in [0.29, 0.717) is 5.56 Å². The van der Waals surface area contributed by atoms with E-state index in [9.17, 15) is 27.2 Å². The summed E-state index contributed by atoms with van der Waals surface area (Å²) in [5.74, 6) is -4.94. The third-order valence-corrected chi connectivity index (χ3v) is 5.68. The first-order valence-corrected chi connectivity index (χ1v) is 9.51. The van der Waals surface area contributed by atoms with E-state index in [1.165, 1.54) is 7.05 Å². The molecule has 3 aromatic rings. The summed E-state index contributed by atoms with van der Waals surface area (Å²) in [6.45, 7) is -0.0602. The standard InChI is InChI=1S/C20H13BrF4N2O3/c1-27(20(29)10-4-13(23)11(21)5-12(10)22)17-7-30-6-16-18(17)8-2-14(24)15(25)3-9(8)19(28)26-16/h2-5,17H,6-7H2,1H3,(H,26,28). The highest BCUT2D eigenvalue weighted by Crippen LogP contribution is 2.34. The number of nitrogens with one attached hydrogen (secondary N) is 1. The van der Waals surface area contributed by atoms with Crippen LogP contribution in [0.3, 0.4) is 0 Å². The van der Waals surface area contributed by atoms with E-state index in [1.54, 1.807) is 0 Å². The zero-order chi connectivity index (χ0) is 21.7. The van der Waals surface area contributed by atoms with Crippen molar-refractivity contribution in [2.45, 2.75) is 12.6 Å². The predicted molar refractivity (Wildman–Crippen MR) is 103 cm³/mol. The zero-order valence-electron chi connectivity index (χ0n) is 15.4. The van der Waals surface area contributed by atoms with Crippen LogP contribution >= 0.6 is 15.9 Å². The van der Waals surface area contributed by atoms with Crippen molar-refractivity contribution in [3.05, 3.63) is 79.2 Å². The number of nitrogens with zero attached hydrogens (tertiary/aromatic N) is 1. The minimum atomic E-state index is -1.19. The van der Waals surface area contributed by atoms with Crippen LogP contribution in [0.25, 0.3) is 10.8 Å². The normalized spacial score (nSPS) is 15.9. The van der Waals surface area contributed by atoms with Crippen LogP contribution in [0.2, 0.25) is 0 Å². The molecule has 2 heterocycles. The van der Waals surface area contributed by atoms with Gasteiger partial charge in [-0.05, 0) is 45.6 Å². The average Bonchev–Trinajstić information content (AvgIpc) is 2.70. The lowest BCUT2D eigenvalue weighted by atomic mass is 9.95. The van der Waals surface area contributed by atoms with Gasteiger partial charge in [0.1, 0.15) is 11.6 Å². The molecule has 0 saturated carbocycles. The number of carbonyl (C=O) groups is 1. The van der Waals surface area contributed by atoms with Gasteiger partial charge in [-0.2, -0.15) is 0 Å². The largest absolute Gasteiger partial charge is 0.373 e. The van der Waals surface area contributed by atoms with Crippen molar-refractivity contribution in [1.82, 2.24) is 9.88 Å². The number of hydrogen-bond acceptors (Lipinski definition) is 3. The van der Waals surface area contributed by atoms with Gasteiger partial charge >= 0.3 is 0 Å². The molecule has 5 nitrogen and oxygen atoms in total. The minimum absolute atomic E-state index is 0.0146. The van der Waals surface area contributed by atoms with Crippen molar-refractivity contribution in [3.8, 4) is 0 Å². The number of aromatic amines is 1. The maximum atomic E-state index is 14.3. The molecule has 156 valence electrons. The number of ether oxygens (including phenoxy) is 1. The van der Waals surface area contributed by atoms with Gasteiger partial charge in [-0.15, -0.1) is 0 Å². The van der Waals surface area contributed by atoms with E-state index in [0.717, 1.165) is 29.2 Å². The summed E-state index contributed by atoms with van der Waals surface area (Å²) in [6.07, 6.45) is 0. The van der Waals surface area contributed by atoms with E-state index in [4.69, 9.17) is 4.74 Å². The third kappa shape index (κ3) is 3.29. The van der Waals surface area contributed by atoms with Crippen LogP contribution in [0.1, 0.15) is 27.7 Å². The molecule has 0 aliphatic carbocycles. The Morgan fingerprint density at radius 1 is 1.07 bits per heavy atom. The molecule has 4 rings (SSSR count). The second kappa shape index (κ2) is 7.51. The molecule has 0 spiro atoms. The lowest BCUT2D eigenvalue weighted by molar-refractivity contribution is 0.0333. The highest BCUT2D eigenvalue weighted by molar-refractivity contribution is 9.10. The van der Waals surface area contributed by atoms with Crippen molar-refractivity contribution < 1.29 is 27.1 Å². The van der Waals surface area contributed by atoms with Crippen LogP contribution in [0.15, 0.2) is 33.5 Å². The van der Waals surface area contributed by atoms with Gasteiger partial charge in [0.25, 0.3) is 11.5 Å². The van der Waals surface area contributed by atoms with E-state index in [-0.39, 0.29) is 34.2 Å². The first kappa shape index (κ1) is 20.5. The van der Waals surface area contributed by atoms with Crippen LogP contribution in [0, 0.1) is 23.3 Å². The van der Waals surface area contributed by atoms with Crippen molar-refractivity contribution in [1.29, 1.82) is 0 Å². The van der Waals surface area contributed by atoms with E-state index >= 15 is 0 Å². The number of halogens is 5. The summed E-state index contributed by atoms with van der Waals surface area (Å²) in [5, 5.41) is 0.0179. The molecule has 30 heavy (non-hydrogen) atoms. The molecule has 1 atom stereocenters. The molecule has 0 radical (unpaired) electrons. The smallest absolute Gasteiger partial charge is 0.257 e. The van der Waals surface area contributed by atoms with Crippen LogP contribution in [-0.4, -0.2) is 29.4 Å². The Morgan fingerprint density at radius 3 is 2.43 bits per heavy atom. The Morgan fingerprint density at radius 2 is 1.73 bits per heavy atom. The van der Waals surface area contributed by atoms with Crippen LogP contribution in [0.4, 0.5) is 17.6 Å². The zero-order valence-corrected chi connectivity index (χ0v) is 16.9. The van der Waals surface area contributed by atoms with Gasteiger partial charge < -0.3 is 14.6 Å². The molecule has 10 heteroatoms. The molecule has 1 N–H and O–H groups in total. The van der Waals surface area contributed by atoms with Crippen molar-refractivity contribution >= 4 is 32.6 Å². The van der Waals surface area contributed by atoms with E-state index < -0.39 is 46.3 Å². The Balaban J connectivity index is 1.86. The van der Waals surface area contributed by atoms with E-state index in [1.807, 2.05) is 0 Å². The quantitative estimate of drug-likeness (QED) is 0.438. The first-order chi connectivity index (χ1) is 14.2. The van der Waals surface area contributed by atoms with Gasteiger partial charge in [-0.25, -0.2) is 17.6 Å². The number of likely N-dealkylation sites (N-methyl/N-ethyl adjacent to an activating group) is 1. The summed E-state index contributed by atoms with van der Waals surface area (Å²) in [4.78, 5) is 28.9. The number of aromatic nitrogens is 1. The number of carbonyl (C=O) groups excluding carboxylic acids is 1. The number of fused-ring (bicyclic) bond motifs is 3.